The van der Waals surface area contributed by atoms with Gasteiger partial charge in [0.15, 0.2) is 0 Å². The number of halogens is 2. The zero-order valence-electron chi connectivity index (χ0n) is 30.1. The second-order valence-electron chi connectivity index (χ2n) is 13.1. The molecular formula is C39H42F2N6O6. The molecule has 5 heterocycles. The quantitative estimate of drug-likeness (QED) is 0.126. The minimum Gasteiger partial charge on any atom is -0.496 e. The summed E-state index contributed by atoms with van der Waals surface area (Å²) in [6, 6.07) is 9.66. The van der Waals surface area contributed by atoms with Crippen molar-refractivity contribution in [1.29, 1.82) is 0 Å². The summed E-state index contributed by atoms with van der Waals surface area (Å²) in [4.78, 5) is 33.7. The maximum atomic E-state index is 15.4. The van der Waals surface area contributed by atoms with Gasteiger partial charge in [0.25, 0.3) is 0 Å². The van der Waals surface area contributed by atoms with Crippen molar-refractivity contribution in [2.45, 2.75) is 32.0 Å². The smallest absolute Gasteiger partial charge is 0.248 e. The van der Waals surface area contributed by atoms with E-state index in [0.717, 1.165) is 63.3 Å². The van der Waals surface area contributed by atoms with E-state index in [-0.39, 0.29) is 17.3 Å². The van der Waals surface area contributed by atoms with Crippen molar-refractivity contribution in [2.24, 2.45) is 0 Å². The van der Waals surface area contributed by atoms with Crippen molar-refractivity contribution >= 4 is 39.6 Å². The molecule has 1 fully saturated rings. The zero-order valence-corrected chi connectivity index (χ0v) is 30.1. The van der Waals surface area contributed by atoms with Crippen LogP contribution in [0.1, 0.15) is 33.9 Å². The van der Waals surface area contributed by atoms with Crippen LogP contribution in [0, 0.1) is 11.6 Å². The average molecular weight is 729 g/mol. The topological polar surface area (TPSA) is 121 Å². The first-order chi connectivity index (χ1) is 25.7. The first kappa shape index (κ1) is 36.2. The molecule has 0 spiro atoms. The van der Waals surface area contributed by atoms with Gasteiger partial charge >= 0.3 is 0 Å². The molecular weight excluding hydrogens is 686 g/mol. The molecule has 2 N–H and O–H groups in total. The number of nitrogens with one attached hydrogen (secondary N) is 2. The Morgan fingerprint density at radius 3 is 2.64 bits per heavy atom. The van der Waals surface area contributed by atoms with Gasteiger partial charge in [-0.3, -0.25) is 9.59 Å². The lowest BCUT2D eigenvalue weighted by Crippen LogP contribution is -2.29. The van der Waals surface area contributed by atoms with Crippen molar-refractivity contribution in [2.75, 3.05) is 71.5 Å². The number of methoxy groups -OCH3 is 3. The molecule has 278 valence electrons. The Kier molecular flexibility index (Phi) is 10.6. The highest BCUT2D eigenvalue weighted by atomic mass is 19.1. The van der Waals surface area contributed by atoms with E-state index in [1.807, 2.05) is 25.2 Å². The highest BCUT2D eigenvalue weighted by Gasteiger charge is 2.30. The summed E-state index contributed by atoms with van der Waals surface area (Å²) in [6.45, 7) is 3.64. The Hall–Kier alpha value is -5.15. The van der Waals surface area contributed by atoms with Crippen molar-refractivity contribution in [3.8, 4) is 16.9 Å². The van der Waals surface area contributed by atoms with E-state index in [1.54, 1.807) is 44.1 Å². The van der Waals surface area contributed by atoms with Crippen molar-refractivity contribution < 1.29 is 37.3 Å². The third-order valence-electron chi connectivity index (χ3n) is 9.82. The number of ketones is 1. The standard InChI is InChI=1S/C39H42F2N6O6/c1-45-13-9-23-19-30(39(49)24-17-27(40)35(28(41)18-24)44-33(48)8-5-11-42-25-10-15-53-21-25)47-12-6-7-26(37(23)47)34-31(52-4)20-29-36(38(34)45)43-32(22-51-3)46(29)14-16-50-2/h5-8,12,17-20,25,42H,9-11,13-16,21-22H2,1-4H3,(H,44,48)/b8-5+/t25-/m0/s1. The van der Waals surface area contributed by atoms with Crippen LogP contribution in [0.15, 0.2) is 54.7 Å². The monoisotopic (exact) mass is 728 g/mol. The molecule has 0 radical (unpaired) electrons. The number of carbonyl (C=O) groups excluding carboxylic acids is 2. The van der Waals surface area contributed by atoms with Gasteiger partial charge in [0, 0.05) is 83.0 Å². The molecule has 2 aliphatic heterocycles. The number of ether oxygens (including phenoxy) is 4. The number of benzene rings is 2. The van der Waals surface area contributed by atoms with Gasteiger partial charge in [0.05, 0.1) is 48.3 Å². The third-order valence-corrected chi connectivity index (χ3v) is 9.82. The van der Waals surface area contributed by atoms with E-state index in [9.17, 15) is 9.59 Å². The number of aromatic nitrogens is 3. The van der Waals surface area contributed by atoms with Gasteiger partial charge in [-0.25, -0.2) is 13.8 Å². The molecule has 7 rings (SSSR count). The largest absolute Gasteiger partial charge is 0.496 e. The molecule has 53 heavy (non-hydrogen) atoms. The fraction of sp³-hybridized carbons (Fsp3) is 0.359. The van der Waals surface area contributed by atoms with Crippen molar-refractivity contribution in [3.63, 3.8) is 0 Å². The first-order valence-electron chi connectivity index (χ1n) is 17.5. The summed E-state index contributed by atoms with van der Waals surface area (Å²) in [5.74, 6) is -2.01. The number of fused-ring (bicyclic) bond motifs is 4. The molecule has 5 aromatic rings. The van der Waals surface area contributed by atoms with Crippen LogP contribution < -0.4 is 20.3 Å². The van der Waals surface area contributed by atoms with Crippen molar-refractivity contribution in [1.82, 2.24) is 19.3 Å². The van der Waals surface area contributed by atoms with Crippen LogP contribution in [-0.4, -0.2) is 93.0 Å². The molecule has 12 nitrogen and oxygen atoms in total. The van der Waals surface area contributed by atoms with Crippen molar-refractivity contribution in [3.05, 3.63) is 89.0 Å². The summed E-state index contributed by atoms with van der Waals surface area (Å²) in [5.41, 5.74) is 5.26. The van der Waals surface area contributed by atoms with Gasteiger partial charge in [-0.2, -0.15) is 0 Å². The van der Waals surface area contributed by atoms with Gasteiger partial charge in [-0.1, -0.05) is 12.1 Å². The van der Waals surface area contributed by atoms with Gasteiger partial charge in [0.1, 0.15) is 41.0 Å². The zero-order chi connectivity index (χ0) is 37.2. The molecule has 0 saturated carbocycles. The fourth-order valence-corrected chi connectivity index (χ4v) is 7.27. The SMILES string of the molecule is COCCn1c(COC)nc2c3c(c(OC)cc21)-c1cccn2c(C(=O)c4cc(F)c(NC(=O)/C=C/CN[C@H]5CCOC5)c(F)c4)cc(c12)CCN3C. The van der Waals surface area contributed by atoms with E-state index < -0.39 is 29.0 Å². The molecule has 2 aromatic carbocycles. The lowest BCUT2D eigenvalue weighted by molar-refractivity contribution is -0.112. The highest BCUT2D eigenvalue weighted by Crippen LogP contribution is 2.47. The normalized spacial score (nSPS) is 15.7. The maximum absolute atomic E-state index is 15.4. The minimum atomic E-state index is -1.06. The van der Waals surface area contributed by atoms with Crippen LogP contribution in [0.5, 0.6) is 5.75 Å². The summed E-state index contributed by atoms with van der Waals surface area (Å²) in [7, 11) is 6.91. The number of hydrogen-bond acceptors (Lipinski definition) is 9. The minimum absolute atomic E-state index is 0.188. The predicted molar refractivity (Wildman–Crippen MR) is 197 cm³/mol. The Balaban J connectivity index is 1.24. The Labute approximate surface area is 305 Å². The predicted octanol–water partition coefficient (Wildman–Crippen LogP) is 5.13. The average Bonchev–Trinajstić information content (AvgIpc) is 3.89. The molecule has 0 bridgehead atoms. The van der Waals surface area contributed by atoms with E-state index in [0.29, 0.717) is 58.2 Å². The second kappa shape index (κ2) is 15.4. The number of likely N-dealkylation sites (N-methyl/N-ethyl adjacent to an activating group) is 1. The third kappa shape index (κ3) is 6.90. The fourth-order valence-electron chi connectivity index (χ4n) is 7.27. The van der Waals surface area contributed by atoms with E-state index in [1.165, 1.54) is 6.08 Å². The highest BCUT2D eigenvalue weighted by molar-refractivity contribution is 6.11. The van der Waals surface area contributed by atoms with Crippen LogP contribution in [0.25, 0.3) is 27.7 Å². The van der Waals surface area contributed by atoms with Crippen LogP contribution >= 0.6 is 0 Å². The number of pyridine rings is 1. The molecule has 1 amide bonds. The molecule has 0 aliphatic carbocycles. The van der Waals surface area contributed by atoms with Gasteiger partial charge in [-0.05, 0) is 42.7 Å². The molecule has 3 aromatic heterocycles. The summed E-state index contributed by atoms with van der Waals surface area (Å²) >= 11 is 0. The van der Waals surface area contributed by atoms with Gasteiger partial charge in [-0.15, -0.1) is 0 Å². The van der Waals surface area contributed by atoms with E-state index in [4.69, 9.17) is 23.9 Å². The summed E-state index contributed by atoms with van der Waals surface area (Å²) in [6.07, 6.45) is 6.00. The van der Waals surface area contributed by atoms with Crippen LogP contribution in [0.3, 0.4) is 0 Å². The lowest BCUT2D eigenvalue weighted by Gasteiger charge is -2.27. The summed E-state index contributed by atoms with van der Waals surface area (Å²) < 4.78 is 56.8. The van der Waals surface area contributed by atoms with Crippen LogP contribution in [0.4, 0.5) is 20.2 Å². The van der Waals surface area contributed by atoms with Crippen LogP contribution in [-0.2, 0) is 38.6 Å². The lowest BCUT2D eigenvalue weighted by atomic mass is 9.96. The molecule has 1 saturated heterocycles. The molecule has 2 aliphatic rings. The number of carbonyl (C=O) groups is 2. The second-order valence-corrected chi connectivity index (χ2v) is 13.1. The number of imidazole rings is 1. The first-order valence-corrected chi connectivity index (χ1v) is 17.5. The molecule has 1 atom stereocenters. The maximum Gasteiger partial charge on any atom is 0.248 e. The molecule has 14 heteroatoms. The number of anilines is 2. The van der Waals surface area contributed by atoms with E-state index in [2.05, 4.69) is 20.1 Å². The van der Waals surface area contributed by atoms with Crippen LogP contribution in [0.2, 0.25) is 0 Å². The number of amides is 1. The number of rotatable bonds is 13. The summed E-state index contributed by atoms with van der Waals surface area (Å²) in [5, 5.41) is 5.49. The van der Waals surface area contributed by atoms with E-state index >= 15 is 8.78 Å². The Morgan fingerprint density at radius 2 is 1.92 bits per heavy atom. The molecule has 0 unspecified atom stereocenters. The number of hydrogen-bond donors (Lipinski definition) is 2. The van der Waals surface area contributed by atoms with Gasteiger partial charge in [0.2, 0.25) is 11.7 Å². The number of nitrogens with zero attached hydrogens (tertiary/aromatic N) is 4. The Morgan fingerprint density at radius 1 is 1.11 bits per heavy atom. The van der Waals surface area contributed by atoms with Gasteiger partial charge < -0.3 is 43.4 Å². The Bertz CT molecular complexity index is 2200.